The largest absolute Gasteiger partial charge is 0.357 e. The van der Waals surface area contributed by atoms with Crippen LogP contribution in [0.3, 0.4) is 0 Å². The summed E-state index contributed by atoms with van der Waals surface area (Å²) < 4.78 is 25.5. The highest BCUT2D eigenvalue weighted by Crippen LogP contribution is 2.08. The molecule has 1 aromatic heterocycles. The van der Waals surface area contributed by atoms with Crippen molar-refractivity contribution in [3.05, 3.63) is 59.4 Å². The maximum absolute atomic E-state index is 12.9. The molecule has 0 spiro atoms. The molecule has 2 aromatic rings. The molecule has 17 heavy (non-hydrogen) atoms. The number of carbonyl (C=O) groups is 1. The summed E-state index contributed by atoms with van der Waals surface area (Å²) in [6.45, 7) is 0.148. The topological polar surface area (TPSA) is 44.9 Å². The van der Waals surface area contributed by atoms with Crippen molar-refractivity contribution >= 4 is 5.91 Å². The van der Waals surface area contributed by atoms with Gasteiger partial charge in [0.1, 0.15) is 5.69 Å². The third kappa shape index (κ3) is 2.69. The van der Waals surface area contributed by atoms with Crippen molar-refractivity contribution in [3.8, 4) is 0 Å². The number of nitrogens with one attached hydrogen (secondary N) is 2. The van der Waals surface area contributed by atoms with Crippen LogP contribution in [0.4, 0.5) is 8.78 Å². The number of halogens is 2. The lowest BCUT2D eigenvalue weighted by Crippen LogP contribution is -2.23. The number of rotatable bonds is 3. The molecule has 0 saturated heterocycles. The van der Waals surface area contributed by atoms with Crippen LogP contribution in [-0.2, 0) is 6.54 Å². The van der Waals surface area contributed by atoms with Crippen molar-refractivity contribution in [1.82, 2.24) is 10.3 Å². The first-order chi connectivity index (χ1) is 8.16. The maximum Gasteiger partial charge on any atom is 0.267 e. The lowest BCUT2D eigenvalue weighted by Gasteiger charge is -2.04. The standard InChI is InChI=1S/C12H10F2N2O/c13-9-4-3-8(6-10(9)14)7-16-12(17)11-2-1-5-15-11/h1-6,15H,7H2,(H,16,17). The predicted molar refractivity (Wildman–Crippen MR) is 58.3 cm³/mol. The molecular formula is C12H10F2N2O. The van der Waals surface area contributed by atoms with Crippen LogP contribution in [0, 0.1) is 11.6 Å². The van der Waals surface area contributed by atoms with Gasteiger partial charge in [0.05, 0.1) is 0 Å². The fourth-order valence-electron chi connectivity index (χ4n) is 1.40. The van der Waals surface area contributed by atoms with E-state index in [4.69, 9.17) is 0 Å². The predicted octanol–water partition coefficient (Wildman–Crippen LogP) is 2.22. The number of aromatic nitrogens is 1. The molecule has 0 aliphatic rings. The van der Waals surface area contributed by atoms with Gasteiger partial charge >= 0.3 is 0 Å². The van der Waals surface area contributed by atoms with Gasteiger partial charge in [0.25, 0.3) is 5.91 Å². The van der Waals surface area contributed by atoms with E-state index in [0.717, 1.165) is 12.1 Å². The second-order valence-corrected chi connectivity index (χ2v) is 3.51. The number of aromatic amines is 1. The highest BCUT2D eigenvalue weighted by atomic mass is 19.2. The zero-order valence-electron chi connectivity index (χ0n) is 8.84. The molecule has 5 heteroatoms. The Morgan fingerprint density at radius 3 is 2.71 bits per heavy atom. The van der Waals surface area contributed by atoms with Gasteiger partial charge in [-0.1, -0.05) is 6.07 Å². The van der Waals surface area contributed by atoms with E-state index in [1.54, 1.807) is 18.3 Å². The number of hydrogen-bond acceptors (Lipinski definition) is 1. The number of H-pyrrole nitrogens is 1. The lowest BCUT2D eigenvalue weighted by atomic mass is 10.2. The highest BCUT2D eigenvalue weighted by Gasteiger charge is 2.06. The van der Waals surface area contributed by atoms with Crippen molar-refractivity contribution in [2.45, 2.75) is 6.54 Å². The third-order valence-corrected chi connectivity index (χ3v) is 2.28. The summed E-state index contributed by atoms with van der Waals surface area (Å²) in [5.41, 5.74) is 0.927. The number of benzene rings is 1. The van der Waals surface area contributed by atoms with Gasteiger partial charge in [0, 0.05) is 12.7 Å². The Bertz CT molecular complexity index is 523. The van der Waals surface area contributed by atoms with Crippen LogP contribution in [0.2, 0.25) is 0 Å². The van der Waals surface area contributed by atoms with Crippen molar-refractivity contribution in [1.29, 1.82) is 0 Å². The number of hydrogen-bond donors (Lipinski definition) is 2. The SMILES string of the molecule is O=C(NCc1ccc(F)c(F)c1)c1ccc[nH]1. The summed E-state index contributed by atoms with van der Waals surface area (Å²) in [6.07, 6.45) is 1.63. The molecule has 0 aliphatic carbocycles. The van der Waals surface area contributed by atoms with Crippen molar-refractivity contribution in [3.63, 3.8) is 0 Å². The summed E-state index contributed by atoms with van der Waals surface area (Å²) in [7, 11) is 0. The van der Waals surface area contributed by atoms with E-state index in [2.05, 4.69) is 10.3 Å². The van der Waals surface area contributed by atoms with Crippen LogP contribution in [0.1, 0.15) is 16.1 Å². The average molecular weight is 236 g/mol. The van der Waals surface area contributed by atoms with Crippen LogP contribution in [0.25, 0.3) is 0 Å². The first-order valence-corrected chi connectivity index (χ1v) is 5.02. The van der Waals surface area contributed by atoms with E-state index >= 15 is 0 Å². The van der Waals surface area contributed by atoms with Crippen LogP contribution in [0.5, 0.6) is 0 Å². The molecule has 2 rings (SSSR count). The van der Waals surface area contributed by atoms with E-state index in [-0.39, 0.29) is 12.5 Å². The number of amides is 1. The molecule has 88 valence electrons. The molecule has 1 aromatic carbocycles. The van der Waals surface area contributed by atoms with Crippen molar-refractivity contribution < 1.29 is 13.6 Å². The van der Waals surface area contributed by atoms with Gasteiger partial charge in [-0.3, -0.25) is 4.79 Å². The molecule has 1 amide bonds. The van der Waals surface area contributed by atoms with E-state index in [1.807, 2.05) is 0 Å². The second kappa shape index (κ2) is 4.78. The molecule has 1 heterocycles. The Morgan fingerprint density at radius 2 is 2.06 bits per heavy atom. The van der Waals surface area contributed by atoms with Gasteiger partial charge in [-0.05, 0) is 29.8 Å². The summed E-state index contributed by atoms with van der Waals surface area (Å²) in [4.78, 5) is 14.3. The minimum absolute atomic E-state index is 0.148. The Morgan fingerprint density at radius 1 is 1.24 bits per heavy atom. The van der Waals surface area contributed by atoms with E-state index in [1.165, 1.54) is 6.07 Å². The quantitative estimate of drug-likeness (QED) is 0.843. The summed E-state index contributed by atoms with van der Waals surface area (Å²) in [6, 6.07) is 6.84. The van der Waals surface area contributed by atoms with Crippen LogP contribution in [0.15, 0.2) is 36.5 Å². The lowest BCUT2D eigenvalue weighted by molar-refractivity contribution is 0.0946. The van der Waals surface area contributed by atoms with Gasteiger partial charge in [0.2, 0.25) is 0 Å². The minimum atomic E-state index is -0.920. The molecule has 0 fully saturated rings. The molecule has 0 aliphatic heterocycles. The van der Waals surface area contributed by atoms with Crippen LogP contribution in [-0.4, -0.2) is 10.9 Å². The van der Waals surface area contributed by atoms with Gasteiger partial charge in [-0.25, -0.2) is 8.78 Å². The second-order valence-electron chi connectivity index (χ2n) is 3.51. The number of carbonyl (C=O) groups excluding carboxylic acids is 1. The molecule has 0 radical (unpaired) electrons. The molecule has 0 unspecified atom stereocenters. The van der Waals surface area contributed by atoms with Gasteiger partial charge in [0.15, 0.2) is 11.6 Å². The van der Waals surface area contributed by atoms with E-state index in [0.29, 0.717) is 11.3 Å². The first-order valence-electron chi connectivity index (χ1n) is 5.02. The van der Waals surface area contributed by atoms with Crippen LogP contribution < -0.4 is 5.32 Å². The summed E-state index contributed by atoms with van der Waals surface area (Å²) >= 11 is 0. The zero-order chi connectivity index (χ0) is 12.3. The Labute approximate surface area is 96.5 Å². The first kappa shape index (κ1) is 11.3. The Balaban J connectivity index is 1.98. The normalized spacial score (nSPS) is 10.2. The molecule has 3 nitrogen and oxygen atoms in total. The maximum atomic E-state index is 12.9. The van der Waals surface area contributed by atoms with Gasteiger partial charge < -0.3 is 10.3 Å². The summed E-state index contributed by atoms with van der Waals surface area (Å²) in [5, 5.41) is 2.59. The van der Waals surface area contributed by atoms with E-state index in [9.17, 15) is 13.6 Å². The molecule has 0 saturated carbocycles. The van der Waals surface area contributed by atoms with Gasteiger partial charge in [-0.2, -0.15) is 0 Å². The fraction of sp³-hybridized carbons (Fsp3) is 0.0833. The van der Waals surface area contributed by atoms with Crippen LogP contribution >= 0.6 is 0 Å². The molecule has 0 atom stereocenters. The van der Waals surface area contributed by atoms with Gasteiger partial charge in [-0.15, -0.1) is 0 Å². The zero-order valence-corrected chi connectivity index (χ0v) is 8.84. The fourth-order valence-corrected chi connectivity index (χ4v) is 1.40. The average Bonchev–Trinajstić information content (AvgIpc) is 2.84. The molecular weight excluding hydrogens is 226 g/mol. The monoisotopic (exact) mass is 236 g/mol. The van der Waals surface area contributed by atoms with E-state index < -0.39 is 11.6 Å². The Kier molecular flexibility index (Phi) is 3.18. The third-order valence-electron chi connectivity index (χ3n) is 2.28. The highest BCUT2D eigenvalue weighted by molar-refractivity contribution is 5.92. The Hall–Kier alpha value is -2.17. The molecule has 2 N–H and O–H groups in total. The minimum Gasteiger partial charge on any atom is -0.357 e. The smallest absolute Gasteiger partial charge is 0.267 e. The van der Waals surface area contributed by atoms with Crippen molar-refractivity contribution in [2.75, 3.05) is 0 Å². The van der Waals surface area contributed by atoms with Crippen molar-refractivity contribution in [2.24, 2.45) is 0 Å². The molecule has 0 bridgehead atoms. The summed E-state index contributed by atoms with van der Waals surface area (Å²) in [5.74, 6) is -2.11.